The molecule has 0 aliphatic rings. The van der Waals surface area contributed by atoms with Crippen molar-refractivity contribution in [1.82, 2.24) is 15.0 Å². The van der Waals surface area contributed by atoms with Crippen LogP contribution in [-0.4, -0.2) is 15.0 Å². The smallest absolute Gasteiger partial charge is 0.310 e. The summed E-state index contributed by atoms with van der Waals surface area (Å²) < 4.78 is 51.2. The number of aromatic nitrogens is 3. The van der Waals surface area contributed by atoms with E-state index in [1.165, 1.54) is 29.5 Å². The predicted molar refractivity (Wildman–Crippen MR) is 102 cm³/mol. The van der Waals surface area contributed by atoms with Gasteiger partial charge in [-0.25, -0.2) is 9.37 Å². The maximum Gasteiger partial charge on any atom is 0.417 e. The first kappa shape index (κ1) is 19.3. The zero-order valence-corrected chi connectivity index (χ0v) is 15.8. The van der Waals surface area contributed by atoms with Crippen molar-refractivity contribution >= 4 is 21.6 Å². The summed E-state index contributed by atoms with van der Waals surface area (Å²) in [7, 11) is 0. The molecular weight excluding hydrogens is 406 g/mol. The van der Waals surface area contributed by atoms with Gasteiger partial charge in [-0.05, 0) is 36.8 Å². The van der Waals surface area contributed by atoms with Gasteiger partial charge in [0.25, 0.3) is 5.56 Å². The average Bonchev–Trinajstić information content (AvgIpc) is 2.98. The average molecular weight is 419 g/mol. The number of hydrogen-bond acceptors (Lipinski definition) is 4. The highest BCUT2D eigenvalue weighted by molar-refractivity contribution is 7.19. The number of benzene rings is 1. The molecule has 0 amide bonds. The van der Waals surface area contributed by atoms with Crippen molar-refractivity contribution in [3.05, 3.63) is 80.7 Å². The molecule has 0 unspecified atom stereocenters. The molecule has 0 aliphatic carbocycles. The first-order chi connectivity index (χ1) is 13.7. The van der Waals surface area contributed by atoms with Crippen LogP contribution >= 0.6 is 11.3 Å². The Hall–Kier alpha value is -3.07. The highest BCUT2D eigenvalue weighted by atomic mass is 32.1. The van der Waals surface area contributed by atoms with Crippen molar-refractivity contribution in [2.45, 2.75) is 19.5 Å². The molecule has 4 aromatic rings. The summed E-state index contributed by atoms with van der Waals surface area (Å²) in [5, 5.41) is 0.406. The fraction of sp³-hybridized carbons (Fsp3) is 0.150. The minimum absolute atomic E-state index is 0.0894. The number of nitrogens with one attached hydrogen (secondary N) is 1. The van der Waals surface area contributed by atoms with Gasteiger partial charge in [0.05, 0.1) is 10.9 Å². The monoisotopic (exact) mass is 419 g/mol. The maximum atomic E-state index is 13.2. The number of halogens is 4. The Morgan fingerprint density at radius 2 is 1.83 bits per heavy atom. The van der Waals surface area contributed by atoms with Gasteiger partial charge >= 0.3 is 6.18 Å². The molecule has 0 aliphatic heterocycles. The van der Waals surface area contributed by atoms with Crippen molar-refractivity contribution < 1.29 is 17.6 Å². The number of aryl methyl sites for hydroxylation is 1. The van der Waals surface area contributed by atoms with Crippen molar-refractivity contribution in [2.75, 3.05) is 0 Å². The van der Waals surface area contributed by atoms with E-state index in [1.807, 2.05) is 6.92 Å². The van der Waals surface area contributed by atoms with Crippen molar-refractivity contribution in [2.24, 2.45) is 0 Å². The van der Waals surface area contributed by atoms with Crippen LogP contribution in [0.1, 0.15) is 22.0 Å². The van der Waals surface area contributed by atoms with Gasteiger partial charge in [-0.2, -0.15) is 13.2 Å². The van der Waals surface area contributed by atoms with E-state index in [-0.39, 0.29) is 17.8 Å². The Bertz CT molecular complexity index is 1240. The fourth-order valence-corrected chi connectivity index (χ4v) is 4.14. The van der Waals surface area contributed by atoms with Gasteiger partial charge in [0, 0.05) is 28.8 Å². The number of aromatic amines is 1. The van der Waals surface area contributed by atoms with E-state index >= 15 is 0 Å². The molecular formula is C20H13F4N3OS. The number of pyridine rings is 1. The number of hydrogen-bond donors (Lipinski definition) is 1. The van der Waals surface area contributed by atoms with Crippen LogP contribution in [0.3, 0.4) is 0 Å². The molecule has 148 valence electrons. The lowest BCUT2D eigenvalue weighted by molar-refractivity contribution is -0.137. The van der Waals surface area contributed by atoms with E-state index in [2.05, 4.69) is 15.0 Å². The van der Waals surface area contributed by atoms with Crippen LogP contribution in [0.15, 0.2) is 47.4 Å². The Morgan fingerprint density at radius 1 is 1.10 bits per heavy atom. The predicted octanol–water partition coefficient (Wildman–Crippen LogP) is 5.10. The van der Waals surface area contributed by atoms with Gasteiger partial charge in [0.1, 0.15) is 16.5 Å². The molecule has 3 aromatic heterocycles. The van der Waals surface area contributed by atoms with Crippen molar-refractivity contribution in [1.29, 1.82) is 0 Å². The van der Waals surface area contributed by atoms with E-state index in [0.717, 1.165) is 17.1 Å². The topological polar surface area (TPSA) is 58.6 Å². The van der Waals surface area contributed by atoms with E-state index in [9.17, 15) is 22.4 Å². The van der Waals surface area contributed by atoms with Crippen LogP contribution in [0, 0.1) is 12.7 Å². The molecule has 1 N–H and O–H groups in total. The highest BCUT2D eigenvalue weighted by Gasteiger charge is 2.30. The fourth-order valence-electron chi connectivity index (χ4n) is 3.08. The van der Waals surface area contributed by atoms with Crippen molar-refractivity contribution in [3.8, 4) is 11.1 Å². The summed E-state index contributed by atoms with van der Waals surface area (Å²) in [6, 6.07) is 8.05. The molecule has 0 bridgehead atoms. The minimum Gasteiger partial charge on any atom is -0.310 e. The number of alkyl halides is 3. The van der Waals surface area contributed by atoms with Crippen molar-refractivity contribution in [3.63, 3.8) is 0 Å². The molecule has 3 heterocycles. The summed E-state index contributed by atoms with van der Waals surface area (Å²) >= 11 is 1.33. The second-order valence-electron chi connectivity index (χ2n) is 6.45. The Labute approximate surface area is 165 Å². The molecule has 0 saturated heterocycles. The zero-order chi connectivity index (χ0) is 20.8. The first-order valence-corrected chi connectivity index (χ1v) is 9.34. The zero-order valence-electron chi connectivity index (χ0n) is 15.0. The largest absolute Gasteiger partial charge is 0.417 e. The molecule has 0 atom stereocenters. The second-order valence-corrected chi connectivity index (χ2v) is 7.65. The van der Waals surface area contributed by atoms with E-state index < -0.39 is 11.7 Å². The third kappa shape index (κ3) is 3.77. The molecule has 4 nitrogen and oxygen atoms in total. The molecule has 1 aromatic carbocycles. The molecule has 0 saturated carbocycles. The Kier molecular flexibility index (Phi) is 4.70. The summed E-state index contributed by atoms with van der Waals surface area (Å²) in [4.78, 5) is 25.0. The molecule has 0 fully saturated rings. The third-order valence-electron chi connectivity index (χ3n) is 4.42. The van der Waals surface area contributed by atoms with Gasteiger partial charge < -0.3 is 4.98 Å². The number of rotatable bonds is 3. The summed E-state index contributed by atoms with van der Waals surface area (Å²) in [6.45, 7) is 1.85. The quantitative estimate of drug-likeness (QED) is 0.470. The van der Waals surface area contributed by atoms with Crippen LogP contribution in [0.2, 0.25) is 0 Å². The lowest BCUT2D eigenvalue weighted by Gasteiger charge is -2.07. The van der Waals surface area contributed by atoms with E-state index in [0.29, 0.717) is 32.9 Å². The number of H-pyrrole nitrogens is 1. The lowest BCUT2D eigenvalue weighted by atomic mass is 10.0. The van der Waals surface area contributed by atoms with Crippen LogP contribution in [0.4, 0.5) is 17.6 Å². The summed E-state index contributed by atoms with van der Waals surface area (Å²) in [5.41, 5.74) is 0.557. The number of thiophene rings is 1. The summed E-state index contributed by atoms with van der Waals surface area (Å²) in [6.07, 6.45) is -3.61. The lowest BCUT2D eigenvalue weighted by Crippen LogP contribution is -2.12. The molecule has 4 rings (SSSR count). The third-order valence-corrected chi connectivity index (χ3v) is 5.42. The van der Waals surface area contributed by atoms with Gasteiger partial charge in [0.15, 0.2) is 0 Å². The van der Waals surface area contributed by atoms with Gasteiger partial charge in [-0.1, -0.05) is 12.1 Å². The van der Waals surface area contributed by atoms with Gasteiger partial charge in [-0.15, -0.1) is 11.3 Å². The first-order valence-electron chi connectivity index (χ1n) is 8.53. The van der Waals surface area contributed by atoms with Crippen LogP contribution in [-0.2, 0) is 12.6 Å². The molecule has 0 spiro atoms. The Morgan fingerprint density at radius 3 is 2.45 bits per heavy atom. The minimum atomic E-state index is -4.46. The highest BCUT2D eigenvalue weighted by Crippen LogP contribution is 2.35. The maximum absolute atomic E-state index is 13.2. The van der Waals surface area contributed by atoms with Crippen LogP contribution in [0.5, 0.6) is 0 Å². The molecule has 9 heteroatoms. The van der Waals surface area contributed by atoms with Gasteiger partial charge in [0.2, 0.25) is 0 Å². The molecule has 29 heavy (non-hydrogen) atoms. The second kappa shape index (κ2) is 7.07. The standard InChI is InChI=1S/C20H13F4N3OS/c1-10-16(11-2-5-13(21)6-3-11)17-18(28)26-15(27-19(17)29-10)8-14-7-4-12(9-25-14)20(22,23)24/h2-7,9H,8H2,1H3,(H,26,27,28). The van der Waals surface area contributed by atoms with Crippen LogP contribution in [0.25, 0.3) is 21.3 Å². The normalized spacial score (nSPS) is 11.9. The van der Waals surface area contributed by atoms with Crippen LogP contribution < -0.4 is 5.56 Å². The Balaban J connectivity index is 1.72. The SMILES string of the molecule is Cc1sc2nc(Cc3ccc(C(F)(F)F)cn3)[nH]c(=O)c2c1-c1ccc(F)cc1. The summed E-state index contributed by atoms with van der Waals surface area (Å²) in [5.74, 6) is -0.0639. The van der Waals surface area contributed by atoms with E-state index in [4.69, 9.17) is 0 Å². The number of nitrogens with zero attached hydrogens (tertiary/aromatic N) is 2. The number of fused-ring (bicyclic) bond motifs is 1. The van der Waals surface area contributed by atoms with E-state index in [1.54, 1.807) is 12.1 Å². The van der Waals surface area contributed by atoms with Gasteiger partial charge in [-0.3, -0.25) is 9.78 Å². The molecule has 0 radical (unpaired) electrons.